The summed E-state index contributed by atoms with van der Waals surface area (Å²) < 4.78 is 0. The van der Waals surface area contributed by atoms with E-state index in [1.54, 1.807) is 0 Å². The van der Waals surface area contributed by atoms with E-state index in [0.717, 1.165) is 49.4 Å². The summed E-state index contributed by atoms with van der Waals surface area (Å²) in [4.78, 5) is 25.1. The first-order valence-electron chi connectivity index (χ1n) is 9.62. The molecule has 0 radical (unpaired) electrons. The van der Waals surface area contributed by atoms with Crippen LogP contribution in [0.3, 0.4) is 0 Å². The molecule has 140 valence electrons. The average molecular weight is 380 g/mol. The lowest BCUT2D eigenvalue weighted by Crippen LogP contribution is -2.35. The second kappa shape index (κ2) is 7.79. The number of hydrogen-bond acceptors (Lipinski definition) is 4. The van der Waals surface area contributed by atoms with E-state index < -0.39 is 0 Å². The van der Waals surface area contributed by atoms with Crippen LogP contribution in [0.1, 0.15) is 40.9 Å². The van der Waals surface area contributed by atoms with Gasteiger partial charge in [-0.1, -0.05) is 31.2 Å². The third kappa shape index (κ3) is 3.89. The van der Waals surface area contributed by atoms with Crippen LogP contribution >= 0.6 is 11.3 Å². The van der Waals surface area contributed by atoms with Crippen LogP contribution in [0, 0.1) is 6.92 Å². The number of aromatic amines is 1. The van der Waals surface area contributed by atoms with Crippen molar-refractivity contribution in [2.45, 2.75) is 46.2 Å². The number of aryl methyl sites for hydroxylation is 2. The summed E-state index contributed by atoms with van der Waals surface area (Å²) >= 11 is 1.85. The lowest BCUT2D eigenvalue weighted by molar-refractivity contribution is 0.243. The molecule has 5 heteroatoms. The Bertz CT molecular complexity index is 1000. The average Bonchev–Trinajstić information content (AvgIpc) is 3.11. The highest BCUT2D eigenvalue weighted by Crippen LogP contribution is 2.31. The van der Waals surface area contributed by atoms with E-state index in [9.17, 15) is 4.79 Å². The fraction of sp³-hybridized carbons (Fsp3) is 0.364. The highest BCUT2D eigenvalue weighted by Gasteiger charge is 2.21. The van der Waals surface area contributed by atoms with E-state index in [2.05, 4.69) is 65.1 Å². The van der Waals surface area contributed by atoms with Crippen molar-refractivity contribution in [3.63, 3.8) is 0 Å². The molecule has 4 rings (SSSR count). The van der Waals surface area contributed by atoms with Crippen LogP contribution in [-0.2, 0) is 25.9 Å². The number of benzene rings is 1. The van der Waals surface area contributed by atoms with Crippen molar-refractivity contribution < 1.29 is 0 Å². The van der Waals surface area contributed by atoms with Gasteiger partial charge in [-0.2, -0.15) is 0 Å². The number of hydrogen-bond donors (Lipinski definition) is 1. The van der Waals surface area contributed by atoms with Crippen molar-refractivity contribution in [2.24, 2.45) is 0 Å². The highest BCUT2D eigenvalue weighted by atomic mass is 32.1. The van der Waals surface area contributed by atoms with Gasteiger partial charge < -0.3 is 4.98 Å². The molecule has 0 aliphatic carbocycles. The number of nitrogens with one attached hydrogen (secondary N) is 1. The molecule has 1 aromatic carbocycles. The van der Waals surface area contributed by atoms with Gasteiger partial charge in [0, 0.05) is 42.2 Å². The van der Waals surface area contributed by atoms with Crippen molar-refractivity contribution in [1.29, 1.82) is 0 Å². The molecule has 0 saturated heterocycles. The van der Waals surface area contributed by atoms with E-state index >= 15 is 0 Å². The minimum Gasteiger partial charge on any atom is -0.310 e. The maximum atomic E-state index is 12.5. The maximum absolute atomic E-state index is 12.5. The highest BCUT2D eigenvalue weighted by molar-refractivity contribution is 7.15. The molecule has 0 saturated carbocycles. The summed E-state index contributed by atoms with van der Waals surface area (Å²) in [6.45, 7) is 6.77. The van der Waals surface area contributed by atoms with Crippen molar-refractivity contribution in [3.8, 4) is 10.4 Å². The van der Waals surface area contributed by atoms with Gasteiger partial charge in [0.25, 0.3) is 5.56 Å². The Morgan fingerprint density at radius 3 is 2.89 bits per heavy atom. The van der Waals surface area contributed by atoms with Gasteiger partial charge in [-0.05, 0) is 36.6 Å². The predicted octanol–water partition coefficient (Wildman–Crippen LogP) is 4.32. The van der Waals surface area contributed by atoms with Crippen LogP contribution in [-0.4, -0.2) is 21.4 Å². The molecule has 0 atom stereocenters. The Kier molecular flexibility index (Phi) is 5.23. The molecule has 2 aromatic heterocycles. The van der Waals surface area contributed by atoms with Crippen LogP contribution in [0.5, 0.6) is 0 Å². The minimum absolute atomic E-state index is 0.0416. The molecule has 3 heterocycles. The van der Waals surface area contributed by atoms with Crippen LogP contribution in [0.4, 0.5) is 0 Å². The molecule has 0 fully saturated rings. The lowest BCUT2D eigenvalue weighted by Gasteiger charge is -2.27. The van der Waals surface area contributed by atoms with Gasteiger partial charge in [-0.25, -0.2) is 4.98 Å². The van der Waals surface area contributed by atoms with Crippen LogP contribution in [0.25, 0.3) is 10.4 Å². The van der Waals surface area contributed by atoms with E-state index in [1.807, 2.05) is 11.3 Å². The van der Waals surface area contributed by atoms with Gasteiger partial charge in [0.1, 0.15) is 5.82 Å². The van der Waals surface area contributed by atoms with Gasteiger partial charge in [0.2, 0.25) is 0 Å². The molecule has 1 aliphatic rings. The van der Waals surface area contributed by atoms with Gasteiger partial charge >= 0.3 is 0 Å². The molecule has 1 aliphatic heterocycles. The molecule has 4 nitrogen and oxygen atoms in total. The third-order valence-electron chi connectivity index (χ3n) is 5.14. The molecular formula is C22H25N3OS. The number of aromatic nitrogens is 2. The van der Waals surface area contributed by atoms with E-state index in [0.29, 0.717) is 6.54 Å². The number of H-pyrrole nitrogens is 1. The number of rotatable bonds is 5. The maximum Gasteiger partial charge on any atom is 0.255 e. The predicted molar refractivity (Wildman–Crippen MR) is 111 cm³/mol. The van der Waals surface area contributed by atoms with Crippen LogP contribution < -0.4 is 5.56 Å². The van der Waals surface area contributed by atoms with Gasteiger partial charge in [-0.15, -0.1) is 11.3 Å². The Labute approximate surface area is 163 Å². The number of nitrogens with zero attached hydrogens (tertiary/aromatic N) is 2. The van der Waals surface area contributed by atoms with Crippen LogP contribution in [0.2, 0.25) is 0 Å². The monoisotopic (exact) mass is 379 g/mol. The first-order valence-corrected chi connectivity index (χ1v) is 10.4. The minimum atomic E-state index is 0.0416. The lowest BCUT2D eigenvalue weighted by atomic mass is 10.1. The molecule has 0 bridgehead atoms. The fourth-order valence-corrected chi connectivity index (χ4v) is 4.84. The zero-order valence-corrected chi connectivity index (χ0v) is 16.7. The second-order valence-electron chi connectivity index (χ2n) is 7.23. The van der Waals surface area contributed by atoms with Crippen molar-refractivity contribution in [1.82, 2.24) is 14.9 Å². The molecule has 1 N–H and O–H groups in total. The molecular weight excluding hydrogens is 354 g/mol. The topological polar surface area (TPSA) is 49.0 Å². The molecule has 0 unspecified atom stereocenters. The molecule has 27 heavy (non-hydrogen) atoms. The normalized spacial score (nSPS) is 14.3. The summed E-state index contributed by atoms with van der Waals surface area (Å²) in [5, 5.41) is 0. The standard InChI is InChI=1S/C22H25N3OS/c1-3-6-21-23-19-11-12-25(14-18(19)22(26)24-21)13-16-9-10-20(27-16)17-8-5-4-7-15(17)2/h4-5,7-10H,3,6,11-14H2,1-2H3,(H,23,24,26). The Morgan fingerprint density at radius 2 is 2.07 bits per heavy atom. The number of fused-ring (bicyclic) bond motifs is 1. The van der Waals surface area contributed by atoms with Gasteiger partial charge in [-0.3, -0.25) is 9.69 Å². The quantitative estimate of drug-likeness (QED) is 0.718. The summed E-state index contributed by atoms with van der Waals surface area (Å²) in [6, 6.07) is 12.9. The van der Waals surface area contributed by atoms with Crippen LogP contribution in [0.15, 0.2) is 41.2 Å². The van der Waals surface area contributed by atoms with Crippen molar-refractivity contribution >= 4 is 11.3 Å². The Hall–Kier alpha value is -2.24. The molecule has 3 aromatic rings. The smallest absolute Gasteiger partial charge is 0.255 e. The third-order valence-corrected chi connectivity index (χ3v) is 6.24. The Balaban J connectivity index is 1.50. The zero-order chi connectivity index (χ0) is 18.8. The molecule has 0 amide bonds. The first-order chi connectivity index (χ1) is 13.1. The van der Waals surface area contributed by atoms with E-state index in [1.165, 1.54) is 20.9 Å². The number of thiophene rings is 1. The van der Waals surface area contributed by atoms with E-state index in [-0.39, 0.29) is 5.56 Å². The fourth-order valence-electron chi connectivity index (χ4n) is 3.70. The Morgan fingerprint density at radius 1 is 1.22 bits per heavy atom. The SMILES string of the molecule is CCCc1nc2c(c(=O)[nH]1)CN(Cc1ccc(-c3ccccc3C)s1)CC2. The summed E-state index contributed by atoms with van der Waals surface area (Å²) in [5.41, 5.74) is 4.49. The van der Waals surface area contributed by atoms with Crippen molar-refractivity contribution in [2.75, 3.05) is 6.54 Å². The van der Waals surface area contributed by atoms with Gasteiger partial charge in [0.15, 0.2) is 0 Å². The second-order valence-corrected chi connectivity index (χ2v) is 8.40. The summed E-state index contributed by atoms with van der Waals surface area (Å²) in [7, 11) is 0. The van der Waals surface area contributed by atoms with Gasteiger partial charge in [0.05, 0.1) is 11.3 Å². The van der Waals surface area contributed by atoms with Crippen molar-refractivity contribution in [3.05, 3.63) is 74.3 Å². The zero-order valence-electron chi connectivity index (χ0n) is 15.9. The largest absolute Gasteiger partial charge is 0.310 e. The summed E-state index contributed by atoms with van der Waals surface area (Å²) in [6.07, 6.45) is 2.69. The summed E-state index contributed by atoms with van der Waals surface area (Å²) in [5.74, 6) is 0.829. The van der Waals surface area contributed by atoms with E-state index in [4.69, 9.17) is 0 Å². The first kappa shape index (κ1) is 18.1. The molecule has 0 spiro atoms.